The molecule has 0 spiro atoms. The van der Waals surface area contributed by atoms with Gasteiger partial charge < -0.3 is 4.74 Å². The van der Waals surface area contributed by atoms with Gasteiger partial charge in [-0.2, -0.15) is 5.26 Å². The van der Waals surface area contributed by atoms with Crippen LogP contribution in [0, 0.1) is 11.5 Å². The number of allylic oxidation sites excluding steroid dienone is 1. The van der Waals surface area contributed by atoms with Crippen LogP contribution in [-0.4, -0.2) is 6.61 Å². The van der Waals surface area contributed by atoms with E-state index in [0.29, 0.717) is 12.5 Å². The van der Waals surface area contributed by atoms with Crippen molar-refractivity contribution in [3.05, 3.63) is 53.6 Å². The Kier molecular flexibility index (Phi) is 3.69. The quantitative estimate of drug-likeness (QED) is 0.582. The molecule has 3 rings (SSSR count). The molecule has 1 atom stereocenters. The van der Waals surface area contributed by atoms with Crippen LogP contribution in [0.25, 0.3) is 16.8 Å². The first-order valence-electron chi connectivity index (χ1n) is 7.11. The summed E-state index contributed by atoms with van der Waals surface area (Å²) in [4.78, 5) is 0. The average molecular weight is 263 g/mol. The Morgan fingerprint density at radius 1 is 1.10 bits per heavy atom. The van der Waals surface area contributed by atoms with Gasteiger partial charge in [0.15, 0.2) is 0 Å². The fourth-order valence-corrected chi connectivity index (χ4v) is 3.01. The Morgan fingerprint density at radius 3 is 2.80 bits per heavy atom. The highest BCUT2D eigenvalue weighted by molar-refractivity contribution is 5.95. The van der Waals surface area contributed by atoms with E-state index in [-0.39, 0.29) is 0 Å². The molecule has 0 bridgehead atoms. The second kappa shape index (κ2) is 5.79. The lowest BCUT2D eigenvalue weighted by molar-refractivity contribution is 0.260. The molecule has 0 radical (unpaired) electrons. The smallest absolute Gasteiger partial charge is 0.286 e. The standard InChI is InChI=1S/C18H17NO/c19-13-20-12-2-1-5-14-10-11-16-7-3-6-15-8-4-9-17(14)18(15)16/h3-4,6-11,14H,1-2,5,12H2. The van der Waals surface area contributed by atoms with Crippen molar-refractivity contribution in [3.8, 4) is 6.26 Å². The van der Waals surface area contributed by atoms with Crippen LogP contribution in [0.15, 0.2) is 42.5 Å². The van der Waals surface area contributed by atoms with Crippen LogP contribution in [0.4, 0.5) is 0 Å². The van der Waals surface area contributed by atoms with E-state index in [0.717, 1.165) is 19.3 Å². The molecule has 100 valence electrons. The maximum Gasteiger partial charge on any atom is 0.286 e. The van der Waals surface area contributed by atoms with Gasteiger partial charge in [0.05, 0.1) is 0 Å². The van der Waals surface area contributed by atoms with Gasteiger partial charge in [-0.05, 0) is 41.2 Å². The van der Waals surface area contributed by atoms with E-state index < -0.39 is 0 Å². The molecule has 1 aliphatic rings. The lowest BCUT2D eigenvalue weighted by Gasteiger charge is -2.21. The fraction of sp³-hybridized carbons (Fsp3) is 0.278. The Labute approximate surface area is 119 Å². The molecule has 20 heavy (non-hydrogen) atoms. The minimum atomic E-state index is 0.482. The molecule has 2 aromatic carbocycles. The number of ether oxygens (including phenoxy) is 1. The molecule has 0 amide bonds. The zero-order valence-electron chi connectivity index (χ0n) is 11.4. The van der Waals surface area contributed by atoms with Crippen LogP contribution in [0.5, 0.6) is 0 Å². The number of unbranched alkanes of at least 4 members (excludes halogenated alkanes) is 1. The van der Waals surface area contributed by atoms with E-state index in [1.807, 2.05) is 0 Å². The van der Waals surface area contributed by atoms with E-state index in [9.17, 15) is 0 Å². The van der Waals surface area contributed by atoms with Gasteiger partial charge in [-0.15, -0.1) is 0 Å². The number of nitrogens with zero attached hydrogens (tertiary/aromatic N) is 1. The molecule has 1 unspecified atom stereocenters. The van der Waals surface area contributed by atoms with Crippen LogP contribution < -0.4 is 0 Å². The second-order valence-corrected chi connectivity index (χ2v) is 5.19. The Morgan fingerprint density at radius 2 is 1.95 bits per heavy atom. The van der Waals surface area contributed by atoms with Gasteiger partial charge in [-0.25, -0.2) is 0 Å². The normalized spacial score (nSPS) is 16.1. The summed E-state index contributed by atoms with van der Waals surface area (Å²) in [6.45, 7) is 0.535. The van der Waals surface area contributed by atoms with Crippen molar-refractivity contribution in [3.63, 3.8) is 0 Å². The summed E-state index contributed by atoms with van der Waals surface area (Å²) in [6, 6.07) is 13.0. The first kappa shape index (κ1) is 12.7. The zero-order valence-corrected chi connectivity index (χ0v) is 11.4. The molecule has 2 nitrogen and oxygen atoms in total. The molecule has 0 saturated heterocycles. The monoisotopic (exact) mass is 263 g/mol. The van der Waals surface area contributed by atoms with Gasteiger partial charge in [0.25, 0.3) is 6.26 Å². The predicted octanol–water partition coefficient (Wildman–Crippen LogP) is 4.62. The number of hydrogen-bond acceptors (Lipinski definition) is 2. The van der Waals surface area contributed by atoms with E-state index in [2.05, 4.69) is 48.6 Å². The van der Waals surface area contributed by atoms with Crippen molar-refractivity contribution in [1.82, 2.24) is 0 Å². The summed E-state index contributed by atoms with van der Waals surface area (Å²) in [5, 5.41) is 11.1. The predicted molar refractivity (Wildman–Crippen MR) is 81.1 cm³/mol. The number of hydrogen-bond donors (Lipinski definition) is 0. The van der Waals surface area contributed by atoms with Crippen molar-refractivity contribution in [1.29, 1.82) is 5.26 Å². The highest BCUT2D eigenvalue weighted by atomic mass is 16.5. The van der Waals surface area contributed by atoms with Crippen molar-refractivity contribution in [2.75, 3.05) is 6.61 Å². The third-order valence-electron chi connectivity index (χ3n) is 3.95. The largest absolute Gasteiger partial charge is 0.428 e. The van der Waals surface area contributed by atoms with Gasteiger partial charge in [-0.3, -0.25) is 0 Å². The maximum atomic E-state index is 8.34. The topological polar surface area (TPSA) is 33.0 Å². The van der Waals surface area contributed by atoms with Gasteiger partial charge >= 0.3 is 0 Å². The number of benzene rings is 2. The second-order valence-electron chi connectivity index (χ2n) is 5.19. The average Bonchev–Trinajstić information content (AvgIpc) is 2.49. The summed E-state index contributed by atoms with van der Waals surface area (Å²) in [6.07, 6.45) is 9.40. The van der Waals surface area contributed by atoms with E-state index >= 15 is 0 Å². The van der Waals surface area contributed by atoms with Crippen LogP contribution in [-0.2, 0) is 4.74 Å². The summed E-state index contributed by atoms with van der Waals surface area (Å²) in [7, 11) is 0. The summed E-state index contributed by atoms with van der Waals surface area (Å²) in [5.41, 5.74) is 2.75. The number of nitriles is 1. The maximum absolute atomic E-state index is 8.34. The number of rotatable bonds is 5. The fourth-order valence-electron chi connectivity index (χ4n) is 3.01. The molecule has 0 aliphatic heterocycles. The summed E-state index contributed by atoms with van der Waals surface area (Å²) >= 11 is 0. The highest BCUT2D eigenvalue weighted by Crippen LogP contribution is 2.36. The Bertz CT molecular complexity index is 676. The van der Waals surface area contributed by atoms with E-state index in [1.54, 1.807) is 6.26 Å². The minimum absolute atomic E-state index is 0.482. The minimum Gasteiger partial charge on any atom is -0.428 e. The Hall–Kier alpha value is -2.27. The molecular formula is C18H17NO. The first-order chi connectivity index (χ1) is 9.90. The van der Waals surface area contributed by atoms with E-state index in [4.69, 9.17) is 10.00 Å². The molecule has 0 fully saturated rings. The van der Waals surface area contributed by atoms with Gasteiger partial charge in [0.2, 0.25) is 0 Å². The van der Waals surface area contributed by atoms with Crippen LogP contribution >= 0.6 is 0 Å². The Balaban J connectivity index is 1.78. The molecule has 0 N–H and O–H groups in total. The molecule has 0 saturated carbocycles. The molecule has 2 heteroatoms. The van der Waals surface area contributed by atoms with E-state index in [1.165, 1.54) is 21.9 Å². The lowest BCUT2D eigenvalue weighted by Crippen LogP contribution is -2.02. The van der Waals surface area contributed by atoms with Gasteiger partial charge in [0.1, 0.15) is 6.61 Å². The summed E-state index contributed by atoms with van der Waals surface area (Å²) < 4.78 is 4.72. The van der Waals surface area contributed by atoms with Crippen molar-refractivity contribution < 1.29 is 4.74 Å². The first-order valence-corrected chi connectivity index (χ1v) is 7.11. The highest BCUT2D eigenvalue weighted by Gasteiger charge is 2.16. The van der Waals surface area contributed by atoms with Crippen molar-refractivity contribution in [2.24, 2.45) is 0 Å². The molecule has 2 aromatic rings. The lowest BCUT2D eigenvalue weighted by atomic mass is 9.83. The zero-order chi connectivity index (χ0) is 13.8. The third kappa shape index (κ3) is 2.40. The summed E-state index contributed by atoms with van der Waals surface area (Å²) in [5.74, 6) is 0.482. The molecular weight excluding hydrogens is 246 g/mol. The molecule has 1 aliphatic carbocycles. The third-order valence-corrected chi connectivity index (χ3v) is 3.95. The van der Waals surface area contributed by atoms with Gasteiger partial charge in [0, 0.05) is 5.92 Å². The molecule has 0 aromatic heterocycles. The van der Waals surface area contributed by atoms with Crippen LogP contribution in [0.2, 0.25) is 0 Å². The van der Waals surface area contributed by atoms with Gasteiger partial charge in [-0.1, -0.05) is 48.6 Å². The van der Waals surface area contributed by atoms with Crippen LogP contribution in [0.3, 0.4) is 0 Å². The molecule has 0 heterocycles. The van der Waals surface area contributed by atoms with Crippen molar-refractivity contribution in [2.45, 2.75) is 25.2 Å². The SMILES string of the molecule is N#COCCCCC1C=Cc2cccc3cccc1c23. The van der Waals surface area contributed by atoms with Crippen molar-refractivity contribution >= 4 is 16.8 Å². The van der Waals surface area contributed by atoms with Crippen LogP contribution in [0.1, 0.15) is 36.3 Å².